The largest absolute Gasteiger partial charge is 0.491 e. The third-order valence-electron chi connectivity index (χ3n) is 3.28. The standard InChI is InChI=1S/C20H31NO6/c1-18(2)20(22)21-8-9-23-10-11-24-12-13-25-14-15-26-16-17-27-19-6-4-3-5-7-19/h3-7H,1,8-17H2,2H3,(H,21,22). The second kappa shape index (κ2) is 16.3. The van der Waals surface area contributed by atoms with Crippen molar-refractivity contribution in [3.63, 3.8) is 0 Å². The van der Waals surface area contributed by atoms with Crippen molar-refractivity contribution in [2.24, 2.45) is 0 Å². The minimum atomic E-state index is -0.153. The Morgan fingerprint density at radius 2 is 1.30 bits per heavy atom. The summed E-state index contributed by atoms with van der Waals surface area (Å²) in [7, 11) is 0. The normalized spacial score (nSPS) is 10.6. The van der Waals surface area contributed by atoms with Gasteiger partial charge in [0.25, 0.3) is 0 Å². The first kappa shape index (κ1) is 23.1. The first-order valence-corrected chi connectivity index (χ1v) is 9.12. The van der Waals surface area contributed by atoms with E-state index in [9.17, 15) is 4.79 Å². The van der Waals surface area contributed by atoms with Crippen molar-refractivity contribution in [1.29, 1.82) is 0 Å². The highest BCUT2D eigenvalue weighted by molar-refractivity contribution is 5.91. The number of amides is 1. The maximum atomic E-state index is 11.2. The molecule has 1 aromatic carbocycles. The molecule has 0 heterocycles. The molecule has 0 aromatic heterocycles. The topological polar surface area (TPSA) is 75.3 Å². The van der Waals surface area contributed by atoms with Gasteiger partial charge in [-0.3, -0.25) is 4.79 Å². The third-order valence-corrected chi connectivity index (χ3v) is 3.28. The lowest BCUT2D eigenvalue weighted by Gasteiger charge is -2.08. The predicted octanol–water partition coefficient (Wildman–Crippen LogP) is 1.82. The Morgan fingerprint density at radius 1 is 0.815 bits per heavy atom. The number of carbonyl (C=O) groups is 1. The molecule has 0 bridgehead atoms. The maximum absolute atomic E-state index is 11.2. The zero-order chi connectivity index (χ0) is 19.6. The van der Waals surface area contributed by atoms with Crippen LogP contribution < -0.4 is 10.1 Å². The van der Waals surface area contributed by atoms with Crippen LogP contribution in [0.1, 0.15) is 6.92 Å². The van der Waals surface area contributed by atoms with Gasteiger partial charge in [-0.1, -0.05) is 24.8 Å². The van der Waals surface area contributed by atoms with Crippen LogP contribution in [0.15, 0.2) is 42.5 Å². The molecule has 7 heteroatoms. The summed E-state index contributed by atoms with van der Waals surface area (Å²) in [5.41, 5.74) is 0.490. The van der Waals surface area contributed by atoms with Crippen molar-refractivity contribution in [3.05, 3.63) is 42.5 Å². The Hall–Kier alpha value is -1.93. The van der Waals surface area contributed by atoms with E-state index >= 15 is 0 Å². The van der Waals surface area contributed by atoms with Crippen molar-refractivity contribution in [3.8, 4) is 5.75 Å². The highest BCUT2D eigenvalue weighted by Gasteiger charge is 1.99. The van der Waals surface area contributed by atoms with Gasteiger partial charge in [-0.15, -0.1) is 0 Å². The molecule has 152 valence electrons. The molecule has 0 saturated carbocycles. The molecule has 0 aliphatic heterocycles. The van der Waals surface area contributed by atoms with Crippen LogP contribution in [0.3, 0.4) is 0 Å². The molecule has 7 nitrogen and oxygen atoms in total. The van der Waals surface area contributed by atoms with Crippen LogP contribution >= 0.6 is 0 Å². The smallest absolute Gasteiger partial charge is 0.246 e. The number of para-hydroxylation sites is 1. The van der Waals surface area contributed by atoms with Gasteiger partial charge in [0.2, 0.25) is 5.91 Å². The van der Waals surface area contributed by atoms with Gasteiger partial charge in [-0.25, -0.2) is 0 Å². The maximum Gasteiger partial charge on any atom is 0.246 e. The molecular formula is C20H31NO6. The minimum absolute atomic E-state index is 0.153. The SMILES string of the molecule is C=C(C)C(=O)NCCOCCOCCOCCOCCOc1ccccc1. The lowest BCUT2D eigenvalue weighted by atomic mass is 10.3. The Bertz CT molecular complexity index is 508. The number of rotatable bonds is 17. The Morgan fingerprint density at radius 3 is 1.81 bits per heavy atom. The van der Waals surface area contributed by atoms with Crippen molar-refractivity contribution in [2.45, 2.75) is 6.92 Å². The molecule has 0 spiro atoms. The molecule has 0 saturated heterocycles. The van der Waals surface area contributed by atoms with E-state index in [4.69, 9.17) is 23.7 Å². The fourth-order valence-electron chi connectivity index (χ4n) is 1.88. The van der Waals surface area contributed by atoms with Crippen LogP contribution in [0, 0.1) is 0 Å². The average molecular weight is 381 g/mol. The summed E-state index contributed by atoms with van der Waals surface area (Å²) in [6.07, 6.45) is 0. The highest BCUT2D eigenvalue weighted by Crippen LogP contribution is 2.07. The van der Waals surface area contributed by atoms with Gasteiger partial charge in [-0.05, 0) is 19.1 Å². The molecule has 0 fully saturated rings. The van der Waals surface area contributed by atoms with Gasteiger partial charge >= 0.3 is 0 Å². The van der Waals surface area contributed by atoms with Gasteiger partial charge in [-0.2, -0.15) is 0 Å². The molecule has 0 atom stereocenters. The number of nitrogens with one attached hydrogen (secondary N) is 1. The lowest BCUT2D eigenvalue weighted by molar-refractivity contribution is -0.117. The Labute approximate surface area is 161 Å². The number of carbonyl (C=O) groups excluding carboxylic acids is 1. The summed E-state index contributed by atoms with van der Waals surface area (Å²) < 4.78 is 27.1. The van der Waals surface area contributed by atoms with Gasteiger partial charge < -0.3 is 29.0 Å². The molecule has 1 amide bonds. The van der Waals surface area contributed by atoms with Gasteiger partial charge in [0.1, 0.15) is 12.4 Å². The van der Waals surface area contributed by atoms with E-state index in [1.807, 2.05) is 30.3 Å². The van der Waals surface area contributed by atoms with Crippen LogP contribution in [0.5, 0.6) is 5.75 Å². The van der Waals surface area contributed by atoms with Crippen LogP contribution in [0.4, 0.5) is 0 Å². The molecule has 0 unspecified atom stereocenters. The second-order valence-corrected chi connectivity index (χ2v) is 5.65. The van der Waals surface area contributed by atoms with Crippen LogP contribution in [0.25, 0.3) is 0 Å². The van der Waals surface area contributed by atoms with Crippen molar-refractivity contribution >= 4 is 5.91 Å². The van der Waals surface area contributed by atoms with E-state index in [1.54, 1.807) is 6.92 Å². The lowest BCUT2D eigenvalue weighted by Crippen LogP contribution is -2.27. The minimum Gasteiger partial charge on any atom is -0.491 e. The molecule has 0 aliphatic carbocycles. The summed E-state index contributed by atoms with van der Waals surface area (Å²) in [5.74, 6) is 0.690. The van der Waals surface area contributed by atoms with E-state index in [1.165, 1.54) is 0 Å². The summed E-state index contributed by atoms with van der Waals surface area (Å²) in [5, 5.41) is 2.69. The summed E-state index contributed by atoms with van der Waals surface area (Å²) in [6.45, 7) is 10.2. The van der Waals surface area contributed by atoms with Crippen LogP contribution in [-0.4, -0.2) is 71.9 Å². The molecule has 1 N–H and O–H groups in total. The fourth-order valence-corrected chi connectivity index (χ4v) is 1.88. The molecule has 27 heavy (non-hydrogen) atoms. The fraction of sp³-hybridized carbons (Fsp3) is 0.550. The summed E-state index contributed by atoms with van der Waals surface area (Å²) in [4.78, 5) is 11.2. The summed E-state index contributed by atoms with van der Waals surface area (Å²) >= 11 is 0. The number of ether oxygens (including phenoxy) is 5. The van der Waals surface area contributed by atoms with Crippen molar-refractivity contribution in [1.82, 2.24) is 5.32 Å². The van der Waals surface area contributed by atoms with Crippen LogP contribution in [0.2, 0.25) is 0 Å². The molecular weight excluding hydrogens is 350 g/mol. The zero-order valence-electron chi connectivity index (χ0n) is 16.1. The number of hydrogen-bond acceptors (Lipinski definition) is 6. The van der Waals surface area contributed by atoms with E-state index in [0.29, 0.717) is 71.6 Å². The van der Waals surface area contributed by atoms with E-state index in [0.717, 1.165) is 5.75 Å². The van der Waals surface area contributed by atoms with Crippen molar-refractivity contribution < 1.29 is 28.5 Å². The van der Waals surface area contributed by atoms with Gasteiger partial charge in [0, 0.05) is 12.1 Å². The van der Waals surface area contributed by atoms with Gasteiger partial charge in [0.05, 0.1) is 52.9 Å². The molecule has 0 aliphatic rings. The van der Waals surface area contributed by atoms with Gasteiger partial charge in [0.15, 0.2) is 0 Å². The molecule has 1 rings (SSSR count). The quantitative estimate of drug-likeness (QED) is 0.328. The monoisotopic (exact) mass is 381 g/mol. The van der Waals surface area contributed by atoms with E-state index in [-0.39, 0.29) is 5.91 Å². The summed E-state index contributed by atoms with van der Waals surface area (Å²) in [6, 6.07) is 9.64. The van der Waals surface area contributed by atoms with Crippen molar-refractivity contribution in [2.75, 3.05) is 66.0 Å². The number of hydrogen-bond donors (Lipinski definition) is 1. The third kappa shape index (κ3) is 13.9. The predicted molar refractivity (Wildman–Crippen MR) is 103 cm³/mol. The highest BCUT2D eigenvalue weighted by atomic mass is 16.6. The van der Waals surface area contributed by atoms with E-state index in [2.05, 4.69) is 11.9 Å². The Kier molecular flexibility index (Phi) is 13.9. The first-order chi connectivity index (χ1) is 13.2. The zero-order valence-corrected chi connectivity index (χ0v) is 16.1. The first-order valence-electron chi connectivity index (χ1n) is 9.12. The molecule has 1 aromatic rings. The molecule has 0 radical (unpaired) electrons. The average Bonchev–Trinajstić information content (AvgIpc) is 2.68. The second-order valence-electron chi connectivity index (χ2n) is 5.65. The number of benzene rings is 1. The van der Waals surface area contributed by atoms with Crippen LogP contribution in [-0.2, 0) is 23.7 Å². The Balaban J connectivity index is 1.73. The van der Waals surface area contributed by atoms with E-state index < -0.39 is 0 Å².